The first kappa shape index (κ1) is 20.8. The molecular weight excluding hydrogens is 384 g/mol. The Morgan fingerprint density at radius 1 is 1.13 bits per heavy atom. The summed E-state index contributed by atoms with van der Waals surface area (Å²) in [5.41, 5.74) is 1.57. The minimum atomic E-state index is -0.764. The molecule has 2 aliphatic heterocycles. The number of aliphatic hydroxyl groups excluding tert-OH is 1. The number of piperazine rings is 1. The molecule has 2 fully saturated rings. The lowest BCUT2D eigenvalue weighted by atomic mass is 10.2. The fourth-order valence-electron chi connectivity index (χ4n) is 4.03. The number of carbonyl (C=O) groups excluding carboxylic acids is 2. The third kappa shape index (κ3) is 4.83. The molecule has 2 heterocycles. The first-order valence-electron chi connectivity index (χ1n) is 10.6. The van der Waals surface area contributed by atoms with E-state index in [4.69, 9.17) is 4.74 Å². The van der Waals surface area contributed by atoms with Gasteiger partial charge in [-0.25, -0.2) is 0 Å². The number of rotatable bonds is 9. The van der Waals surface area contributed by atoms with Crippen LogP contribution < -0.4 is 15.0 Å². The summed E-state index contributed by atoms with van der Waals surface area (Å²) >= 11 is 0. The van der Waals surface area contributed by atoms with E-state index in [9.17, 15) is 14.7 Å². The van der Waals surface area contributed by atoms with E-state index in [2.05, 4.69) is 21.2 Å². The maximum Gasteiger partial charge on any atom is 0.258 e. The molecule has 8 heteroatoms. The molecule has 0 spiro atoms. The standard InChI is InChI=1S/C22H30N4O4/c1-30-20-5-3-2-4-19(20)25-10-8-24(9-11-25)14-18(27)15-26-21(28)12-16(22(26)29)13-23-17-6-7-17/h2-5,12,17-18,23,27H,6-11,13-15H2,1H3. The number of aliphatic hydroxyl groups is 1. The van der Waals surface area contributed by atoms with Crippen LogP contribution in [0.15, 0.2) is 35.9 Å². The summed E-state index contributed by atoms with van der Waals surface area (Å²) in [4.78, 5) is 30.3. The number of hydrogen-bond donors (Lipinski definition) is 2. The molecule has 1 saturated carbocycles. The number of amides is 2. The van der Waals surface area contributed by atoms with Crippen molar-refractivity contribution in [3.8, 4) is 5.75 Å². The van der Waals surface area contributed by atoms with Crippen molar-refractivity contribution in [3.63, 3.8) is 0 Å². The molecule has 0 radical (unpaired) electrons. The van der Waals surface area contributed by atoms with Gasteiger partial charge < -0.3 is 20.1 Å². The molecule has 1 aliphatic carbocycles. The Morgan fingerprint density at radius 2 is 1.87 bits per heavy atom. The fraction of sp³-hybridized carbons (Fsp3) is 0.545. The molecule has 2 N–H and O–H groups in total. The fourth-order valence-corrected chi connectivity index (χ4v) is 4.03. The molecule has 1 aromatic carbocycles. The molecule has 162 valence electrons. The summed E-state index contributed by atoms with van der Waals surface area (Å²) in [6.45, 7) is 4.14. The second-order valence-electron chi connectivity index (χ2n) is 8.19. The summed E-state index contributed by atoms with van der Waals surface area (Å²) in [5.74, 6) is 0.248. The highest BCUT2D eigenvalue weighted by Crippen LogP contribution is 2.28. The van der Waals surface area contributed by atoms with Crippen LogP contribution in [0.1, 0.15) is 12.8 Å². The Balaban J connectivity index is 1.24. The van der Waals surface area contributed by atoms with Gasteiger partial charge in [0, 0.05) is 57.0 Å². The number of anilines is 1. The molecule has 0 bridgehead atoms. The molecule has 8 nitrogen and oxygen atoms in total. The van der Waals surface area contributed by atoms with Crippen LogP contribution in [0.3, 0.4) is 0 Å². The van der Waals surface area contributed by atoms with E-state index in [1.165, 1.54) is 11.0 Å². The van der Waals surface area contributed by atoms with Gasteiger partial charge in [-0.1, -0.05) is 12.1 Å². The van der Waals surface area contributed by atoms with Gasteiger partial charge in [-0.3, -0.25) is 19.4 Å². The smallest absolute Gasteiger partial charge is 0.258 e. The number of hydrogen-bond acceptors (Lipinski definition) is 7. The van der Waals surface area contributed by atoms with Crippen molar-refractivity contribution in [1.82, 2.24) is 15.1 Å². The normalized spacial score (nSPS) is 21.2. The largest absolute Gasteiger partial charge is 0.495 e. The van der Waals surface area contributed by atoms with Crippen molar-refractivity contribution in [2.45, 2.75) is 25.0 Å². The summed E-state index contributed by atoms with van der Waals surface area (Å²) in [7, 11) is 1.68. The number of para-hydroxylation sites is 2. The van der Waals surface area contributed by atoms with Gasteiger partial charge in [0.1, 0.15) is 5.75 Å². The zero-order valence-electron chi connectivity index (χ0n) is 17.4. The van der Waals surface area contributed by atoms with E-state index in [0.29, 0.717) is 24.7 Å². The number of imide groups is 1. The van der Waals surface area contributed by atoms with E-state index in [1.54, 1.807) is 7.11 Å². The number of nitrogens with one attached hydrogen (secondary N) is 1. The van der Waals surface area contributed by atoms with Crippen LogP contribution in [0.4, 0.5) is 5.69 Å². The summed E-state index contributed by atoms with van der Waals surface area (Å²) < 4.78 is 5.45. The third-order valence-electron chi connectivity index (χ3n) is 5.90. The van der Waals surface area contributed by atoms with Crippen LogP contribution in [0.2, 0.25) is 0 Å². The molecule has 30 heavy (non-hydrogen) atoms. The van der Waals surface area contributed by atoms with E-state index in [1.807, 2.05) is 18.2 Å². The van der Waals surface area contributed by atoms with Gasteiger partial charge in [-0.05, 0) is 25.0 Å². The zero-order valence-corrected chi connectivity index (χ0v) is 17.4. The van der Waals surface area contributed by atoms with E-state index in [0.717, 1.165) is 50.5 Å². The zero-order chi connectivity index (χ0) is 21.1. The Labute approximate surface area is 177 Å². The van der Waals surface area contributed by atoms with Crippen LogP contribution in [-0.2, 0) is 9.59 Å². The average Bonchev–Trinajstić information content (AvgIpc) is 3.55. The maximum absolute atomic E-state index is 12.5. The number of β-amino-alcohol motifs (C(OH)–C–C–N with tert-alkyl or cyclic N) is 1. The number of ether oxygens (including phenoxy) is 1. The predicted molar refractivity (Wildman–Crippen MR) is 113 cm³/mol. The van der Waals surface area contributed by atoms with Crippen LogP contribution in [0, 0.1) is 0 Å². The minimum Gasteiger partial charge on any atom is -0.495 e. The van der Waals surface area contributed by atoms with Crippen molar-refractivity contribution < 1.29 is 19.4 Å². The van der Waals surface area contributed by atoms with Gasteiger partial charge in [-0.2, -0.15) is 0 Å². The molecule has 3 aliphatic rings. The maximum atomic E-state index is 12.5. The Morgan fingerprint density at radius 3 is 2.57 bits per heavy atom. The van der Waals surface area contributed by atoms with Crippen LogP contribution in [0.25, 0.3) is 0 Å². The average molecular weight is 415 g/mol. The Kier molecular flexibility index (Phi) is 6.36. The SMILES string of the molecule is COc1ccccc1N1CCN(CC(O)CN2C(=O)C=C(CNC3CC3)C2=O)CC1. The highest BCUT2D eigenvalue weighted by atomic mass is 16.5. The Hall–Kier alpha value is -2.42. The lowest BCUT2D eigenvalue weighted by Gasteiger charge is -2.37. The molecule has 1 aromatic rings. The monoisotopic (exact) mass is 414 g/mol. The summed E-state index contributed by atoms with van der Waals surface area (Å²) in [6, 6.07) is 8.44. The molecule has 1 unspecified atom stereocenters. The third-order valence-corrected chi connectivity index (χ3v) is 5.90. The van der Waals surface area contributed by atoms with E-state index in [-0.39, 0.29) is 18.4 Å². The number of carbonyl (C=O) groups is 2. The van der Waals surface area contributed by atoms with Gasteiger partial charge in [-0.15, -0.1) is 0 Å². The lowest BCUT2D eigenvalue weighted by Crippen LogP contribution is -2.50. The van der Waals surface area contributed by atoms with Crippen molar-refractivity contribution in [3.05, 3.63) is 35.9 Å². The quantitative estimate of drug-likeness (QED) is 0.560. The van der Waals surface area contributed by atoms with Gasteiger partial charge in [0.05, 0.1) is 25.4 Å². The van der Waals surface area contributed by atoms with Crippen LogP contribution in [-0.4, -0.2) is 91.8 Å². The second kappa shape index (κ2) is 9.16. The molecular formula is C22H30N4O4. The van der Waals surface area contributed by atoms with Gasteiger partial charge in [0.15, 0.2) is 0 Å². The summed E-state index contributed by atoms with van der Waals surface area (Å²) in [6.07, 6.45) is 2.89. The van der Waals surface area contributed by atoms with Crippen LogP contribution >= 0.6 is 0 Å². The van der Waals surface area contributed by atoms with Crippen LogP contribution in [0.5, 0.6) is 5.75 Å². The highest BCUT2D eigenvalue weighted by Gasteiger charge is 2.33. The first-order valence-corrected chi connectivity index (χ1v) is 10.6. The van der Waals surface area contributed by atoms with E-state index < -0.39 is 6.10 Å². The summed E-state index contributed by atoms with van der Waals surface area (Å²) in [5, 5.41) is 13.8. The van der Waals surface area contributed by atoms with Crippen molar-refractivity contribution in [1.29, 1.82) is 0 Å². The van der Waals surface area contributed by atoms with Crippen molar-refractivity contribution in [2.75, 3.05) is 57.8 Å². The van der Waals surface area contributed by atoms with Crippen molar-refractivity contribution in [2.24, 2.45) is 0 Å². The van der Waals surface area contributed by atoms with E-state index >= 15 is 0 Å². The predicted octanol–water partition coefficient (Wildman–Crippen LogP) is 0.225. The van der Waals surface area contributed by atoms with Gasteiger partial charge in [0.2, 0.25) is 0 Å². The molecule has 0 aromatic heterocycles. The number of benzene rings is 1. The van der Waals surface area contributed by atoms with Gasteiger partial charge in [0.25, 0.3) is 11.8 Å². The Bertz CT molecular complexity index is 815. The molecule has 1 saturated heterocycles. The van der Waals surface area contributed by atoms with Crippen molar-refractivity contribution >= 4 is 17.5 Å². The topological polar surface area (TPSA) is 85.3 Å². The number of nitrogens with zero attached hydrogens (tertiary/aromatic N) is 3. The number of methoxy groups -OCH3 is 1. The minimum absolute atomic E-state index is 0.0355. The first-order chi connectivity index (χ1) is 14.5. The second-order valence-corrected chi connectivity index (χ2v) is 8.19. The molecule has 2 amide bonds. The molecule has 1 atom stereocenters. The lowest BCUT2D eigenvalue weighted by molar-refractivity contribution is -0.139. The molecule has 4 rings (SSSR count). The highest BCUT2D eigenvalue weighted by molar-refractivity contribution is 6.16. The van der Waals surface area contributed by atoms with Gasteiger partial charge >= 0.3 is 0 Å².